The molecule has 1 aromatic heterocycles. The summed E-state index contributed by atoms with van der Waals surface area (Å²) in [5, 5.41) is 4.31. The fourth-order valence-electron chi connectivity index (χ4n) is 3.78. The van der Waals surface area contributed by atoms with Crippen molar-refractivity contribution in [2.45, 2.75) is 31.7 Å². The summed E-state index contributed by atoms with van der Waals surface area (Å²) in [6.07, 6.45) is 3.34. The van der Waals surface area contributed by atoms with E-state index in [-0.39, 0.29) is 10.9 Å². The summed E-state index contributed by atoms with van der Waals surface area (Å²) < 4.78 is 0. The molecule has 0 aliphatic rings. The highest BCUT2D eigenvalue weighted by molar-refractivity contribution is 6.98. The Kier molecular flexibility index (Phi) is 6.30. The van der Waals surface area contributed by atoms with Crippen LogP contribution in [-0.4, -0.2) is 31.1 Å². The Bertz CT molecular complexity index is 902. The monoisotopic (exact) mass is 404 g/mol. The third-order valence-corrected chi connectivity index (χ3v) is 10.2. The van der Waals surface area contributed by atoms with Gasteiger partial charge in [0.2, 0.25) is 0 Å². The van der Waals surface area contributed by atoms with Crippen molar-refractivity contribution in [1.29, 1.82) is 0 Å². The van der Waals surface area contributed by atoms with Gasteiger partial charge < -0.3 is 10.1 Å². The molecule has 0 unspecified atom stereocenters. The topological polar surface area (TPSA) is 62.2 Å². The summed E-state index contributed by atoms with van der Waals surface area (Å²) in [6, 6.07) is 23.8. The van der Waals surface area contributed by atoms with Crippen molar-refractivity contribution in [2.75, 3.05) is 7.05 Å². The normalized spacial score (nSPS) is 11.9. The summed E-state index contributed by atoms with van der Waals surface area (Å²) in [4.78, 5) is 28.1. The van der Waals surface area contributed by atoms with Crippen LogP contribution in [0, 0.1) is 0 Å². The number of nitrogens with zero attached hydrogens (tertiary/aromatic N) is 1. The van der Waals surface area contributed by atoms with Crippen LogP contribution in [-0.2, 0) is 6.42 Å². The third-order valence-electron chi connectivity index (χ3n) is 5.69. The van der Waals surface area contributed by atoms with E-state index in [1.165, 1.54) is 0 Å². The van der Waals surface area contributed by atoms with Gasteiger partial charge in [0.05, 0.1) is 0 Å². The molecule has 0 radical (unpaired) electrons. The van der Waals surface area contributed by atoms with Crippen LogP contribution in [0.25, 0.3) is 0 Å². The highest BCUT2D eigenvalue weighted by Crippen LogP contribution is 2.39. The molecule has 2 N–H and O–H groups in total. The molecule has 150 valence electrons. The number of rotatable bonds is 7. The number of nitrogens with one attached hydrogen (secondary N) is 1. The fourth-order valence-corrected chi connectivity index (χ4v) is 7.51. The van der Waals surface area contributed by atoms with E-state index in [9.17, 15) is 9.59 Å². The molecule has 3 aromatic rings. The molecule has 29 heavy (non-hydrogen) atoms. The van der Waals surface area contributed by atoms with Gasteiger partial charge in [-0.3, -0.25) is 9.78 Å². The second-order valence-electron chi connectivity index (χ2n) is 7.96. The molecular formula is C24H28N2O2Si. The summed E-state index contributed by atoms with van der Waals surface area (Å²) in [5.41, 5.74) is 1.47. The minimum atomic E-state index is -3.00. The minimum absolute atomic E-state index is 0.188. The van der Waals surface area contributed by atoms with E-state index in [1.807, 2.05) is 66.7 Å². The summed E-state index contributed by atoms with van der Waals surface area (Å²) in [5.74, 6) is -0.188. The van der Waals surface area contributed by atoms with Gasteiger partial charge in [-0.25, -0.2) is 0 Å². The quantitative estimate of drug-likeness (QED) is 0.595. The number of pyridine rings is 1. The van der Waals surface area contributed by atoms with Gasteiger partial charge in [0, 0.05) is 13.2 Å². The zero-order valence-corrected chi connectivity index (χ0v) is 18.2. The highest BCUT2D eigenvalue weighted by Gasteiger charge is 2.49. The Labute approximate surface area is 173 Å². The molecule has 5 heteroatoms. The van der Waals surface area contributed by atoms with Gasteiger partial charge in [-0.1, -0.05) is 80.6 Å². The molecule has 0 saturated heterocycles. The zero-order valence-electron chi connectivity index (χ0n) is 17.2. The maximum Gasteiger partial charge on any atom is 0.269 e. The van der Waals surface area contributed by atoms with Crippen molar-refractivity contribution in [2.24, 2.45) is 0 Å². The Morgan fingerprint density at radius 2 is 1.52 bits per heavy atom. The Morgan fingerprint density at radius 3 is 1.97 bits per heavy atom. The number of aromatic nitrogens is 1. The summed E-state index contributed by atoms with van der Waals surface area (Å²) in [7, 11) is -1.41. The van der Waals surface area contributed by atoms with Gasteiger partial charge in [0.1, 0.15) is 5.69 Å². The Morgan fingerprint density at radius 1 is 0.966 bits per heavy atom. The van der Waals surface area contributed by atoms with Crippen molar-refractivity contribution in [3.8, 4) is 0 Å². The first kappa shape index (κ1) is 21.0. The second-order valence-corrected chi connectivity index (χ2v) is 11.9. The zero-order chi connectivity index (χ0) is 20.9. The van der Waals surface area contributed by atoms with Gasteiger partial charge in [0.25, 0.3) is 14.2 Å². The van der Waals surface area contributed by atoms with Crippen LogP contribution in [0.4, 0.5) is 0 Å². The first-order chi connectivity index (χ1) is 13.9. The van der Waals surface area contributed by atoms with Crippen molar-refractivity contribution in [3.63, 3.8) is 0 Å². The largest absolute Gasteiger partial charge is 0.424 e. The van der Waals surface area contributed by atoms with Crippen LogP contribution in [0.5, 0.6) is 0 Å². The Balaban J connectivity index is 1.88. The van der Waals surface area contributed by atoms with Crippen molar-refractivity contribution in [1.82, 2.24) is 10.3 Å². The molecule has 0 aliphatic heterocycles. The molecule has 0 aliphatic carbocycles. The van der Waals surface area contributed by atoms with Crippen molar-refractivity contribution < 1.29 is 9.59 Å². The molecule has 1 heterocycles. The summed E-state index contributed by atoms with van der Waals surface area (Å²) >= 11 is 0. The molecule has 4 nitrogen and oxygen atoms in total. The van der Waals surface area contributed by atoms with Gasteiger partial charge in [-0.05, 0) is 39.9 Å². The molecule has 0 atom stereocenters. The van der Waals surface area contributed by atoms with Gasteiger partial charge >= 0.3 is 0 Å². The maximum absolute atomic E-state index is 12.2. The lowest BCUT2D eigenvalue weighted by atomic mass is 10.0. The maximum atomic E-state index is 12.2. The smallest absolute Gasteiger partial charge is 0.269 e. The van der Waals surface area contributed by atoms with Crippen LogP contribution < -0.4 is 15.7 Å². The first-order valence-electron chi connectivity index (χ1n) is 9.89. The van der Waals surface area contributed by atoms with Crippen LogP contribution in [0.3, 0.4) is 0 Å². The van der Waals surface area contributed by atoms with Crippen LogP contribution in [0.15, 0.2) is 79.0 Å². The minimum Gasteiger partial charge on any atom is -0.424 e. The number of benzene rings is 2. The second kappa shape index (κ2) is 8.72. The van der Waals surface area contributed by atoms with E-state index in [0.717, 1.165) is 28.8 Å². The lowest BCUT2D eigenvalue weighted by molar-refractivity contribution is 0.0958. The average molecular weight is 405 g/mol. The Hall–Kier alpha value is -2.76. The van der Waals surface area contributed by atoms with E-state index >= 15 is 0 Å². The molecule has 3 rings (SSSR count). The van der Waals surface area contributed by atoms with Crippen LogP contribution in [0.1, 0.15) is 36.3 Å². The first-order valence-corrected chi connectivity index (χ1v) is 11.8. The molecular weight excluding hydrogens is 376 g/mol. The molecule has 2 aromatic carbocycles. The van der Waals surface area contributed by atoms with Gasteiger partial charge in [-0.15, -0.1) is 0 Å². The van der Waals surface area contributed by atoms with Gasteiger partial charge in [-0.2, -0.15) is 0 Å². The SMILES string of the molecule is CNC(=O)c1ccc(CCC(C)(C)[Si](O)(c2ccccc2)c2ccccc2)cn1. The number of hydrogen-bond acceptors (Lipinski definition) is 3. The van der Waals surface area contributed by atoms with Crippen LogP contribution in [0.2, 0.25) is 5.04 Å². The number of aryl methyl sites for hydroxylation is 1. The average Bonchev–Trinajstić information content (AvgIpc) is 2.78. The number of amides is 1. The van der Waals surface area contributed by atoms with Crippen LogP contribution >= 0.6 is 0 Å². The van der Waals surface area contributed by atoms with E-state index in [0.29, 0.717) is 5.69 Å². The van der Waals surface area contributed by atoms with E-state index in [4.69, 9.17) is 0 Å². The predicted molar refractivity (Wildman–Crippen MR) is 120 cm³/mol. The fraction of sp³-hybridized carbons (Fsp3) is 0.250. The molecule has 0 saturated carbocycles. The van der Waals surface area contributed by atoms with E-state index < -0.39 is 8.32 Å². The van der Waals surface area contributed by atoms with Crippen molar-refractivity contribution >= 4 is 24.6 Å². The number of carbonyl (C=O) groups excluding carboxylic acids is 1. The highest BCUT2D eigenvalue weighted by atomic mass is 28.4. The van der Waals surface area contributed by atoms with Crippen molar-refractivity contribution in [3.05, 3.63) is 90.3 Å². The summed E-state index contributed by atoms with van der Waals surface area (Å²) in [6.45, 7) is 4.32. The molecule has 0 spiro atoms. The van der Waals surface area contributed by atoms with E-state index in [1.54, 1.807) is 19.3 Å². The number of hydrogen-bond donors (Lipinski definition) is 2. The van der Waals surface area contributed by atoms with Gasteiger partial charge in [0.15, 0.2) is 0 Å². The van der Waals surface area contributed by atoms with E-state index in [2.05, 4.69) is 24.1 Å². The molecule has 0 fully saturated rings. The standard InChI is InChI=1S/C24H28N2O2Si/c1-24(2,17-16-19-14-15-22(26-18-19)23(27)25-3)29(28,20-10-6-4-7-11-20)21-12-8-5-9-13-21/h4-15,18,28H,16-17H2,1-3H3,(H,25,27). The number of carbonyl (C=O) groups is 1. The lowest BCUT2D eigenvalue weighted by Gasteiger charge is -2.41. The molecule has 0 bridgehead atoms. The molecule has 1 amide bonds. The third kappa shape index (κ3) is 4.31. The lowest BCUT2D eigenvalue weighted by Crippen LogP contribution is -2.65. The predicted octanol–water partition coefficient (Wildman–Crippen LogP) is 2.91.